The number of Topliss-reactive ketones (excluding diaryl/α,β-unsaturated/α-hetero) is 1. The summed E-state index contributed by atoms with van der Waals surface area (Å²) in [4.78, 5) is 16.9. The van der Waals surface area contributed by atoms with Crippen LogP contribution in [0.1, 0.15) is 49.9 Å². The van der Waals surface area contributed by atoms with Gasteiger partial charge in [-0.3, -0.25) is 9.78 Å². The predicted octanol–water partition coefficient (Wildman–Crippen LogP) is 4.63. The molecule has 1 aliphatic rings. The van der Waals surface area contributed by atoms with Gasteiger partial charge in [-0.05, 0) is 42.6 Å². The Bertz CT molecular complexity index is 629. The largest absolute Gasteiger partial charge is 0.294 e. The van der Waals surface area contributed by atoms with Crippen molar-refractivity contribution in [1.82, 2.24) is 4.98 Å². The van der Waals surface area contributed by atoms with E-state index >= 15 is 0 Å². The summed E-state index contributed by atoms with van der Waals surface area (Å²) in [7, 11) is 0. The molecule has 0 radical (unpaired) electrons. The molecule has 2 aromatic rings. The quantitative estimate of drug-likeness (QED) is 0.742. The first-order valence-electron chi connectivity index (χ1n) is 7.44. The van der Waals surface area contributed by atoms with Gasteiger partial charge in [-0.1, -0.05) is 32.0 Å². The monoisotopic (exact) mass is 267 g/mol. The summed E-state index contributed by atoms with van der Waals surface area (Å²) in [5, 5.41) is 2.09. The third-order valence-corrected chi connectivity index (χ3v) is 4.66. The standard InChI is InChI=1S/C18H21NO/c1-18(2)9-6-13(7-10-18)17(20)16-5-3-4-14-12-19-11-8-15(14)16/h3-5,8,11-13H,6-7,9-10H2,1-2H3. The van der Waals surface area contributed by atoms with Gasteiger partial charge in [-0.2, -0.15) is 0 Å². The van der Waals surface area contributed by atoms with Crippen LogP contribution in [0, 0.1) is 11.3 Å². The molecule has 1 aliphatic carbocycles. The number of pyridine rings is 1. The Morgan fingerprint density at radius 3 is 2.70 bits per heavy atom. The third kappa shape index (κ3) is 2.47. The van der Waals surface area contributed by atoms with Crippen LogP contribution in [0.3, 0.4) is 0 Å². The van der Waals surface area contributed by atoms with Crippen LogP contribution in [0.15, 0.2) is 36.7 Å². The minimum Gasteiger partial charge on any atom is -0.294 e. The van der Waals surface area contributed by atoms with Gasteiger partial charge >= 0.3 is 0 Å². The molecule has 0 spiro atoms. The second-order valence-corrected chi connectivity index (χ2v) is 6.71. The average Bonchev–Trinajstić information content (AvgIpc) is 2.46. The smallest absolute Gasteiger partial charge is 0.166 e. The molecule has 1 aromatic heterocycles. The molecule has 0 atom stereocenters. The van der Waals surface area contributed by atoms with Gasteiger partial charge in [0, 0.05) is 29.3 Å². The summed E-state index contributed by atoms with van der Waals surface area (Å²) < 4.78 is 0. The number of benzene rings is 1. The van der Waals surface area contributed by atoms with E-state index in [1.165, 1.54) is 0 Å². The zero-order chi connectivity index (χ0) is 14.2. The molecular weight excluding hydrogens is 246 g/mol. The first kappa shape index (κ1) is 13.3. The molecule has 1 heterocycles. The normalized spacial score (nSPS) is 19.1. The minimum absolute atomic E-state index is 0.196. The molecule has 0 bridgehead atoms. The number of carbonyl (C=O) groups excluding carboxylic acids is 1. The Kier molecular flexibility index (Phi) is 3.33. The van der Waals surface area contributed by atoms with Gasteiger partial charge in [0.25, 0.3) is 0 Å². The number of aromatic nitrogens is 1. The Balaban J connectivity index is 1.90. The molecule has 104 valence electrons. The predicted molar refractivity (Wildman–Crippen MR) is 81.8 cm³/mol. The van der Waals surface area contributed by atoms with Gasteiger partial charge in [0.05, 0.1) is 0 Å². The molecular formula is C18H21NO. The second-order valence-electron chi connectivity index (χ2n) is 6.71. The third-order valence-electron chi connectivity index (χ3n) is 4.66. The van der Waals surface area contributed by atoms with Crippen molar-refractivity contribution in [3.8, 4) is 0 Å². The molecule has 20 heavy (non-hydrogen) atoms. The van der Waals surface area contributed by atoms with E-state index in [0.717, 1.165) is 42.0 Å². The first-order chi connectivity index (χ1) is 9.57. The van der Waals surface area contributed by atoms with Crippen LogP contribution in [0.25, 0.3) is 10.8 Å². The van der Waals surface area contributed by atoms with Crippen molar-refractivity contribution in [3.05, 3.63) is 42.2 Å². The number of rotatable bonds is 2. The Labute approximate surface area is 120 Å². The maximum atomic E-state index is 12.8. The lowest BCUT2D eigenvalue weighted by Gasteiger charge is -2.33. The number of hydrogen-bond acceptors (Lipinski definition) is 2. The van der Waals surface area contributed by atoms with E-state index in [4.69, 9.17) is 0 Å². The lowest BCUT2D eigenvalue weighted by molar-refractivity contribution is 0.0840. The molecule has 1 fully saturated rings. The van der Waals surface area contributed by atoms with E-state index in [-0.39, 0.29) is 5.92 Å². The van der Waals surface area contributed by atoms with Crippen LogP contribution < -0.4 is 0 Å². The Hall–Kier alpha value is -1.70. The van der Waals surface area contributed by atoms with Crippen molar-refractivity contribution in [2.75, 3.05) is 0 Å². The summed E-state index contributed by atoms with van der Waals surface area (Å²) >= 11 is 0. The van der Waals surface area contributed by atoms with Gasteiger partial charge < -0.3 is 0 Å². The fraction of sp³-hybridized carbons (Fsp3) is 0.444. The van der Waals surface area contributed by atoms with E-state index in [0.29, 0.717) is 11.2 Å². The molecule has 0 N–H and O–H groups in total. The zero-order valence-corrected chi connectivity index (χ0v) is 12.2. The van der Waals surface area contributed by atoms with Gasteiger partial charge in [0.1, 0.15) is 0 Å². The van der Waals surface area contributed by atoms with Crippen LogP contribution in [0.4, 0.5) is 0 Å². The van der Waals surface area contributed by atoms with Crippen LogP contribution in [0.2, 0.25) is 0 Å². The summed E-state index contributed by atoms with van der Waals surface area (Å²) in [5.41, 5.74) is 1.27. The highest BCUT2D eigenvalue weighted by Gasteiger charge is 2.31. The SMILES string of the molecule is CC1(C)CCC(C(=O)c2cccc3cnccc23)CC1. The second kappa shape index (κ2) is 5.01. The van der Waals surface area contributed by atoms with Crippen LogP contribution in [0.5, 0.6) is 0 Å². The number of nitrogens with zero attached hydrogens (tertiary/aromatic N) is 1. The summed E-state index contributed by atoms with van der Waals surface area (Å²) in [5.74, 6) is 0.513. The maximum Gasteiger partial charge on any atom is 0.166 e. The van der Waals surface area contributed by atoms with Gasteiger partial charge in [0.15, 0.2) is 5.78 Å². The van der Waals surface area contributed by atoms with E-state index in [2.05, 4.69) is 18.8 Å². The van der Waals surface area contributed by atoms with Crippen molar-refractivity contribution < 1.29 is 4.79 Å². The van der Waals surface area contributed by atoms with Gasteiger partial charge in [0.2, 0.25) is 0 Å². The Morgan fingerprint density at radius 2 is 1.95 bits per heavy atom. The Morgan fingerprint density at radius 1 is 1.20 bits per heavy atom. The molecule has 1 aromatic carbocycles. The summed E-state index contributed by atoms with van der Waals surface area (Å²) in [6, 6.07) is 7.90. The minimum atomic E-state index is 0.196. The van der Waals surface area contributed by atoms with Crippen molar-refractivity contribution in [3.63, 3.8) is 0 Å². The summed E-state index contributed by atoms with van der Waals surface area (Å²) in [6.45, 7) is 4.61. The molecule has 0 unspecified atom stereocenters. The average molecular weight is 267 g/mol. The van der Waals surface area contributed by atoms with Crippen LogP contribution in [-0.2, 0) is 0 Å². The maximum absolute atomic E-state index is 12.8. The molecule has 3 rings (SSSR count). The van der Waals surface area contributed by atoms with Crippen molar-refractivity contribution in [2.24, 2.45) is 11.3 Å². The highest BCUT2D eigenvalue weighted by molar-refractivity contribution is 6.08. The van der Waals surface area contributed by atoms with E-state index in [9.17, 15) is 4.79 Å². The lowest BCUT2D eigenvalue weighted by Crippen LogP contribution is -2.26. The van der Waals surface area contributed by atoms with Crippen molar-refractivity contribution >= 4 is 16.6 Å². The van der Waals surface area contributed by atoms with Crippen molar-refractivity contribution in [2.45, 2.75) is 39.5 Å². The fourth-order valence-electron chi connectivity index (χ4n) is 3.22. The topological polar surface area (TPSA) is 30.0 Å². The van der Waals surface area contributed by atoms with Gasteiger partial charge in [-0.25, -0.2) is 0 Å². The van der Waals surface area contributed by atoms with Crippen LogP contribution >= 0.6 is 0 Å². The van der Waals surface area contributed by atoms with Crippen LogP contribution in [-0.4, -0.2) is 10.8 Å². The number of fused-ring (bicyclic) bond motifs is 1. The molecule has 2 heteroatoms. The highest BCUT2D eigenvalue weighted by atomic mass is 16.1. The van der Waals surface area contributed by atoms with E-state index in [1.54, 1.807) is 6.20 Å². The number of ketones is 1. The van der Waals surface area contributed by atoms with Crippen molar-refractivity contribution in [1.29, 1.82) is 0 Å². The molecule has 1 saturated carbocycles. The lowest BCUT2D eigenvalue weighted by atomic mass is 9.71. The summed E-state index contributed by atoms with van der Waals surface area (Å²) in [6.07, 6.45) is 7.94. The number of carbonyl (C=O) groups is 1. The molecule has 0 saturated heterocycles. The van der Waals surface area contributed by atoms with Gasteiger partial charge in [-0.15, -0.1) is 0 Å². The van der Waals surface area contributed by atoms with E-state index < -0.39 is 0 Å². The molecule has 0 amide bonds. The molecule has 0 aliphatic heterocycles. The first-order valence-corrected chi connectivity index (χ1v) is 7.44. The highest BCUT2D eigenvalue weighted by Crippen LogP contribution is 2.39. The number of hydrogen-bond donors (Lipinski definition) is 0. The fourth-order valence-corrected chi connectivity index (χ4v) is 3.22. The van der Waals surface area contributed by atoms with E-state index in [1.807, 2.05) is 30.5 Å². The zero-order valence-electron chi connectivity index (χ0n) is 12.2. The molecule has 2 nitrogen and oxygen atoms in total.